The van der Waals surface area contributed by atoms with Gasteiger partial charge >= 0.3 is 5.97 Å². The van der Waals surface area contributed by atoms with Crippen LogP contribution in [0.2, 0.25) is 0 Å². The van der Waals surface area contributed by atoms with E-state index in [1.807, 2.05) is 55.5 Å². The van der Waals surface area contributed by atoms with Gasteiger partial charge in [0.1, 0.15) is 17.8 Å². The number of benzene rings is 3. The first-order chi connectivity index (χ1) is 17.7. The Morgan fingerprint density at radius 2 is 1.84 bits per heavy atom. The Bertz CT molecular complexity index is 1520. The summed E-state index contributed by atoms with van der Waals surface area (Å²) in [6.45, 7) is 8.01. The molecule has 0 unspecified atom stereocenters. The average molecular weight is 581 g/mol. The van der Waals surface area contributed by atoms with Gasteiger partial charge in [0.2, 0.25) is 0 Å². The van der Waals surface area contributed by atoms with E-state index in [1.165, 1.54) is 11.3 Å². The highest BCUT2D eigenvalue weighted by Crippen LogP contribution is 2.58. The van der Waals surface area contributed by atoms with Gasteiger partial charge in [0.15, 0.2) is 0 Å². The Labute approximate surface area is 225 Å². The summed E-state index contributed by atoms with van der Waals surface area (Å²) < 4.78 is 35.8. The summed E-state index contributed by atoms with van der Waals surface area (Å²) in [4.78, 5) is 18.6. The molecule has 1 fully saturated rings. The molecule has 2 aliphatic heterocycles. The summed E-state index contributed by atoms with van der Waals surface area (Å²) >= 11 is 3.51. The fourth-order valence-electron chi connectivity index (χ4n) is 5.09. The Balaban J connectivity index is 1.76. The molecule has 0 saturated carbocycles. The second-order valence-electron chi connectivity index (χ2n) is 9.09. The third-order valence-corrected chi connectivity index (χ3v) is 9.02. The minimum Gasteiger partial charge on any atom is -0.465 e. The van der Waals surface area contributed by atoms with Gasteiger partial charge in [-0.2, -0.15) is 12.8 Å². The molecule has 0 aliphatic carbocycles. The zero-order valence-electron chi connectivity index (χ0n) is 20.5. The van der Waals surface area contributed by atoms with E-state index >= 15 is 0 Å². The van der Waals surface area contributed by atoms with Crippen molar-refractivity contribution < 1.29 is 17.9 Å². The second-order valence-corrected chi connectivity index (χ2v) is 11.8. The molecule has 3 aromatic carbocycles. The van der Waals surface area contributed by atoms with E-state index in [1.54, 1.807) is 31.2 Å². The molecule has 2 heterocycles. The number of halogens is 1. The zero-order chi connectivity index (χ0) is 26.4. The number of hydrogen-bond acceptors (Lipinski definition) is 6. The van der Waals surface area contributed by atoms with Crippen LogP contribution in [0.4, 0.5) is 5.69 Å². The van der Waals surface area contributed by atoms with Crippen LogP contribution in [0.3, 0.4) is 0 Å². The third kappa shape index (κ3) is 4.06. The lowest BCUT2D eigenvalue weighted by Gasteiger charge is -2.36. The smallest absolute Gasteiger partial charge is 0.321 e. The highest BCUT2D eigenvalue weighted by molar-refractivity contribution is 9.10. The predicted molar refractivity (Wildman–Crippen MR) is 145 cm³/mol. The minimum absolute atomic E-state index is 0.0902. The molecule has 190 valence electrons. The van der Waals surface area contributed by atoms with Crippen molar-refractivity contribution in [2.24, 2.45) is 10.4 Å². The Morgan fingerprint density at radius 1 is 1.11 bits per heavy atom. The van der Waals surface area contributed by atoms with Crippen molar-refractivity contribution >= 4 is 43.9 Å². The number of rotatable bonds is 6. The van der Waals surface area contributed by atoms with Crippen LogP contribution in [0, 0.1) is 12.3 Å². The standard InChI is InChI=1S/C28H26BrN3O4S/c1-4-36-27(33)28(17-21-8-7-9-22(29)16-21)20(3)32(37(34,35)23-14-12-19(2)13-15-23)31-18-30-25-11-6-5-10-24(25)26(28)31/h5-16,18,26H,3-4,17H2,1-2H3/t26-,28-/m1/s1. The summed E-state index contributed by atoms with van der Waals surface area (Å²) in [7, 11) is -4.15. The van der Waals surface area contributed by atoms with Crippen LogP contribution in [-0.2, 0) is 26.0 Å². The molecule has 0 radical (unpaired) electrons. The maximum Gasteiger partial charge on any atom is 0.321 e. The van der Waals surface area contributed by atoms with Gasteiger partial charge in [-0.3, -0.25) is 9.80 Å². The molecule has 7 nitrogen and oxygen atoms in total. The van der Waals surface area contributed by atoms with Gasteiger partial charge in [-0.15, -0.1) is 0 Å². The molecule has 0 bridgehead atoms. The predicted octanol–water partition coefficient (Wildman–Crippen LogP) is 5.70. The van der Waals surface area contributed by atoms with E-state index in [0.29, 0.717) is 5.69 Å². The molecule has 0 spiro atoms. The van der Waals surface area contributed by atoms with Gasteiger partial charge in [-0.1, -0.05) is 70.5 Å². The monoisotopic (exact) mass is 579 g/mol. The average Bonchev–Trinajstić information content (AvgIpc) is 3.14. The number of carbonyl (C=O) groups excluding carboxylic acids is 1. The minimum atomic E-state index is -4.15. The molecule has 1 saturated heterocycles. The molecule has 2 atom stereocenters. The topological polar surface area (TPSA) is 79.3 Å². The number of esters is 1. The van der Waals surface area contributed by atoms with Gasteiger partial charge in [0.25, 0.3) is 10.0 Å². The summed E-state index contributed by atoms with van der Waals surface area (Å²) in [6, 6.07) is 20.9. The lowest BCUT2D eigenvalue weighted by Crippen LogP contribution is -2.43. The lowest BCUT2D eigenvalue weighted by molar-refractivity contribution is -0.154. The number of nitrogens with zero attached hydrogens (tertiary/aromatic N) is 3. The molecule has 37 heavy (non-hydrogen) atoms. The zero-order valence-corrected chi connectivity index (χ0v) is 22.9. The van der Waals surface area contributed by atoms with Crippen LogP contribution in [-0.4, -0.2) is 36.8 Å². The van der Waals surface area contributed by atoms with Crippen molar-refractivity contribution in [3.63, 3.8) is 0 Å². The number of carbonyl (C=O) groups is 1. The number of ether oxygens (including phenoxy) is 1. The molecule has 9 heteroatoms. The Kier molecular flexibility index (Phi) is 6.45. The van der Waals surface area contributed by atoms with Crippen LogP contribution in [0.15, 0.2) is 99.4 Å². The van der Waals surface area contributed by atoms with E-state index in [-0.39, 0.29) is 23.6 Å². The van der Waals surface area contributed by atoms with Gasteiger partial charge in [-0.05, 0) is 56.2 Å². The molecular formula is C28H26BrN3O4S. The molecular weight excluding hydrogens is 554 g/mol. The van der Waals surface area contributed by atoms with E-state index < -0.39 is 27.4 Å². The maximum absolute atomic E-state index is 14.1. The number of fused-ring (bicyclic) bond motifs is 3. The largest absolute Gasteiger partial charge is 0.465 e. The quantitative estimate of drug-likeness (QED) is 0.350. The first-order valence-corrected chi connectivity index (χ1v) is 14.1. The number of hydrazine groups is 1. The van der Waals surface area contributed by atoms with Crippen molar-refractivity contribution in [2.45, 2.75) is 31.2 Å². The first kappa shape index (κ1) is 25.2. The first-order valence-electron chi connectivity index (χ1n) is 11.8. The fraction of sp³-hybridized carbons (Fsp3) is 0.214. The molecule has 0 aromatic heterocycles. The number of para-hydroxylation sites is 1. The number of sulfonamides is 1. The van der Waals surface area contributed by atoms with Gasteiger partial charge < -0.3 is 4.74 Å². The Hall–Kier alpha value is -3.43. The van der Waals surface area contributed by atoms with Crippen molar-refractivity contribution in [1.29, 1.82) is 0 Å². The van der Waals surface area contributed by atoms with E-state index in [0.717, 1.165) is 25.6 Å². The van der Waals surface area contributed by atoms with Crippen LogP contribution in [0.1, 0.15) is 29.7 Å². The highest BCUT2D eigenvalue weighted by Gasteiger charge is 2.64. The Morgan fingerprint density at radius 3 is 2.54 bits per heavy atom. The van der Waals surface area contributed by atoms with Gasteiger partial charge in [-0.25, -0.2) is 4.99 Å². The van der Waals surface area contributed by atoms with Crippen LogP contribution in [0.25, 0.3) is 0 Å². The van der Waals surface area contributed by atoms with Crippen molar-refractivity contribution in [3.8, 4) is 0 Å². The second kappa shape index (κ2) is 9.46. The summed E-state index contributed by atoms with van der Waals surface area (Å²) in [5.41, 5.74) is 1.81. The van der Waals surface area contributed by atoms with E-state index in [2.05, 4.69) is 27.5 Å². The maximum atomic E-state index is 14.1. The lowest BCUT2D eigenvalue weighted by atomic mass is 9.71. The third-order valence-electron chi connectivity index (χ3n) is 6.79. The SMILES string of the molecule is C=C1N(S(=O)(=O)c2ccc(C)cc2)N2C=Nc3ccccc3[C@@H]2[C@]1(Cc1cccc(Br)c1)C(=O)OCC. The molecule has 3 aromatic rings. The number of aliphatic imine (C=N–C) groups is 1. The van der Waals surface area contributed by atoms with E-state index in [9.17, 15) is 13.2 Å². The normalized spacial score (nSPS) is 20.5. The summed E-state index contributed by atoms with van der Waals surface area (Å²) in [5, 5.41) is 1.51. The molecule has 0 amide bonds. The van der Waals surface area contributed by atoms with Crippen molar-refractivity contribution in [2.75, 3.05) is 6.61 Å². The molecule has 2 aliphatic rings. The van der Waals surface area contributed by atoms with Gasteiger partial charge in [0.05, 0.1) is 22.9 Å². The molecule has 5 rings (SSSR count). The van der Waals surface area contributed by atoms with Crippen LogP contribution < -0.4 is 0 Å². The fourth-order valence-corrected chi connectivity index (χ4v) is 7.05. The summed E-state index contributed by atoms with van der Waals surface area (Å²) in [6.07, 6.45) is 1.64. The summed E-state index contributed by atoms with van der Waals surface area (Å²) in [5.74, 6) is -0.540. The highest BCUT2D eigenvalue weighted by atomic mass is 79.9. The molecule has 0 N–H and O–H groups in total. The van der Waals surface area contributed by atoms with E-state index in [4.69, 9.17) is 4.74 Å². The number of hydrogen-bond donors (Lipinski definition) is 0. The number of aryl methyl sites for hydroxylation is 1. The van der Waals surface area contributed by atoms with Crippen molar-refractivity contribution in [1.82, 2.24) is 9.42 Å². The van der Waals surface area contributed by atoms with Gasteiger partial charge in [0, 0.05) is 10.0 Å². The van der Waals surface area contributed by atoms with Crippen LogP contribution >= 0.6 is 15.9 Å². The van der Waals surface area contributed by atoms with Crippen molar-refractivity contribution in [3.05, 3.63) is 106 Å². The van der Waals surface area contributed by atoms with Crippen LogP contribution in [0.5, 0.6) is 0 Å².